The standard InChI is InChI=1S/C13H16BrNO2/c1-15-8-11(9-15)17-13-5-4-10(3-2-6-16)7-12(13)14/h4-7,11H,2-3,8-9H2,1H3. The molecule has 17 heavy (non-hydrogen) atoms. The molecule has 0 radical (unpaired) electrons. The maximum Gasteiger partial charge on any atom is 0.134 e. The topological polar surface area (TPSA) is 29.5 Å². The van der Waals surface area contributed by atoms with Crippen molar-refractivity contribution in [2.45, 2.75) is 18.9 Å². The predicted octanol–water partition coefficient (Wildman–Crippen LogP) is 2.27. The van der Waals surface area contributed by atoms with Crippen molar-refractivity contribution in [3.05, 3.63) is 28.2 Å². The average Bonchev–Trinajstić information content (AvgIpc) is 2.27. The van der Waals surface area contributed by atoms with Crippen LogP contribution < -0.4 is 4.74 Å². The average molecular weight is 298 g/mol. The van der Waals surface area contributed by atoms with Crippen LogP contribution in [0.2, 0.25) is 0 Å². The van der Waals surface area contributed by atoms with Crippen molar-refractivity contribution >= 4 is 22.2 Å². The summed E-state index contributed by atoms with van der Waals surface area (Å²) in [5.74, 6) is 0.887. The summed E-state index contributed by atoms with van der Waals surface area (Å²) in [4.78, 5) is 12.5. The van der Waals surface area contributed by atoms with Crippen LogP contribution in [0.4, 0.5) is 0 Å². The molecule has 2 rings (SSSR count). The van der Waals surface area contributed by atoms with Gasteiger partial charge in [0.05, 0.1) is 4.47 Å². The van der Waals surface area contributed by atoms with E-state index in [0.29, 0.717) is 12.5 Å². The quantitative estimate of drug-likeness (QED) is 0.781. The van der Waals surface area contributed by atoms with Gasteiger partial charge in [-0.15, -0.1) is 0 Å². The Bertz CT molecular complexity index is 402. The summed E-state index contributed by atoms with van der Waals surface area (Å²) in [6.45, 7) is 1.97. The summed E-state index contributed by atoms with van der Waals surface area (Å²) in [5.41, 5.74) is 1.15. The molecule has 0 aliphatic carbocycles. The minimum Gasteiger partial charge on any atom is -0.487 e. The zero-order valence-electron chi connectivity index (χ0n) is 9.86. The lowest BCUT2D eigenvalue weighted by Crippen LogP contribution is -2.51. The van der Waals surface area contributed by atoms with Crippen LogP contribution in [-0.2, 0) is 11.2 Å². The molecular weight excluding hydrogens is 282 g/mol. The Hall–Kier alpha value is -0.870. The monoisotopic (exact) mass is 297 g/mol. The van der Waals surface area contributed by atoms with E-state index in [0.717, 1.165) is 41.6 Å². The molecule has 3 nitrogen and oxygen atoms in total. The van der Waals surface area contributed by atoms with E-state index in [4.69, 9.17) is 4.74 Å². The van der Waals surface area contributed by atoms with Crippen molar-refractivity contribution in [3.63, 3.8) is 0 Å². The number of benzene rings is 1. The van der Waals surface area contributed by atoms with Gasteiger partial charge in [-0.3, -0.25) is 4.90 Å². The molecule has 1 aromatic carbocycles. The third-order valence-electron chi connectivity index (χ3n) is 2.87. The molecule has 1 aliphatic rings. The highest BCUT2D eigenvalue weighted by atomic mass is 79.9. The van der Waals surface area contributed by atoms with Gasteiger partial charge in [-0.25, -0.2) is 0 Å². The van der Waals surface area contributed by atoms with E-state index >= 15 is 0 Å². The SMILES string of the molecule is CN1CC(Oc2ccc(CCC=O)cc2Br)C1. The molecule has 92 valence electrons. The van der Waals surface area contributed by atoms with Crippen molar-refractivity contribution in [2.24, 2.45) is 0 Å². The Morgan fingerprint density at radius 2 is 2.29 bits per heavy atom. The van der Waals surface area contributed by atoms with Crippen LogP contribution in [0.3, 0.4) is 0 Å². The number of likely N-dealkylation sites (N-methyl/N-ethyl adjacent to an activating group) is 1. The van der Waals surface area contributed by atoms with Gasteiger partial charge in [0.1, 0.15) is 18.1 Å². The summed E-state index contributed by atoms with van der Waals surface area (Å²) in [7, 11) is 2.08. The fraction of sp³-hybridized carbons (Fsp3) is 0.462. The number of ether oxygens (including phenoxy) is 1. The summed E-state index contributed by atoms with van der Waals surface area (Å²) < 4.78 is 6.82. The number of carbonyl (C=O) groups excluding carboxylic acids is 1. The zero-order chi connectivity index (χ0) is 12.3. The Balaban J connectivity index is 1.96. The van der Waals surface area contributed by atoms with Crippen LogP contribution in [0.1, 0.15) is 12.0 Å². The first kappa shape index (κ1) is 12.6. The molecule has 0 aromatic heterocycles. The van der Waals surface area contributed by atoms with Gasteiger partial charge < -0.3 is 9.53 Å². The Labute approximate surface area is 110 Å². The number of nitrogens with zero attached hydrogens (tertiary/aromatic N) is 1. The van der Waals surface area contributed by atoms with Gasteiger partial charge in [0, 0.05) is 19.5 Å². The number of hydrogen-bond donors (Lipinski definition) is 0. The second kappa shape index (κ2) is 5.65. The molecular formula is C13H16BrNO2. The first-order valence-corrected chi connectivity index (χ1v) is 6.55. The maximum absolute atomic E-state index is 10.3. The third kappa shape index (κ3) is 3.30. The van der Waals surface area contributed by atoms with Gasteiger partial charge in [-0.1, -0.05) is 6.07 Å². The largest absolute Gasteiger partial charge is 0.487 e. The number of aryl methyl sites for hydroxylation is 1. The molecule has 0 spiro atoms. The molecule has 0 bridgehead atoms. The summed E-state index contributed by atoms with van der Waals surface area (Å²) >= 11 is 3.51. The molecule has 1 aliphatic heterocycles. The zero-order valence-corrected chi connectivity index (χ0v) is 11.4. The minimum atomic E-state index is 0.303. The maximum atomic E-state index is 10.3. The molecule has 0 atom stereocenters. The van der Waals surface area contributed by atoms with Crippen LogP contribution in [0, 0.1) is 0 Å². The molecule has 0 amide bonds. The van der Waals surface area contributed by atoms with E-state index < -0.39 is 0 Å². The second-order valence-corrected chi connectivity index (χ2v) is 5.29. The van der Waals surface area contributed by atoms with Gasteiger partial charge in [-0.05, 0) is 47.1 Å². The van der Waals surface area contributed by atoms with Crippen LogP contribution >= 0.6 is 15.9 Å². The normalized spacial score (nSPS) is 16.6. The highest BCUT2D eigenvalue weighted by Gasteiger charge is 2.25. The van der Waals surface area contributed by atoms with Crippen LogP contribution in [0.15, 0.2) is 22.7 Å². The van der Waals surface area contributed by atoms with Gasteiger partial charge in [0.15, 0.2) is 0 Å². The predicted molar refractivity (Wildman–Crippen MR) is 70.4 cm³/mol. The lowest BCUT2D eigenvalue weighted by atomic mass is 10.1. The smallest absolute Gasteiger partial charge is 0.134 e. The lowest BCUT2D eigenvalue weighted by Gasteiger charge is -2.36. The van der Waals surface area contributed by atoms with Crippen LogP contribution in [-0.4, -0.2) is 37.4 Å². The van der Waals surface area contributed by atoms with E-state index in [9.17, 15) is 4.79 Å². The van der Waals surface area contributed by atoms with Gasteiger partial charge in [0.25, 0.3) is 0 Å². The first-order valence-electron chi connectivity index (χ1n) is 5.76. The van der Waals surface area contributed by atoms with Crippen molar-refractivity contribution in [1.82, 2.24) is 4.90 Å². The molecule has 1 heterocycles. The van der Waals surface area contributed by atoms with E-state index in [2.05, 4.69) is 27.9 Å². The first-order chi connectivity index (χ1) is 8.19. The molecule has 1 aromatic rings. The molecule has 0 unspecified atom stereocenters. The summed E-state index contributed by atoms with van der Waals surface area (Å²) in [6, 6.07) is 6.02. The molecule has 0 N–H and O–H groups in total. The van der Waals surface area contributed by atoms with Crippen LogP contribution in [0.5, 0.6) is 5.75 Å². The van der Waals surface area contributed by atoms with Crippen molar-refractivity contribution in [3.8, 4) is 5.75 Å². The van der Waals surface area contributed by atoms with Crippen LogP contribution in [0.25, 0.3) is 0 Å². The fourth-order valence-electron chi connectivity index (χ4n) is 1.92. The Kier molecular flexibility index (Phi) is 4.18. The van der Waals surface area contributed by atoms with E-state index in [-0.39, 0.29) is 0 Å². The summed E-state index contributed by atoms with van der Waals surface area (Å²) in [5, 5.41) is 0. The van der Waals surface area contributed by atoms with Gasteiger partial charge in [-0.2, -0.15) is 0 Å². The number of rotatable bonds is 5. The number of carbonyl (C=O) groups is 1. The Morgan fingerprint density at radius 3 is 2.88 bits per heavy atom. The number of aldehydes is 1. The number of likely N-dealkylation sites (tertiary alicyclic amines) is 1. The summed E-state index contributed by atoms with van der Waals surface area (Å²) in [6.07, 6.45) is 2.61. The van der Waals surface area contributed by atoms with Gasteiger partial charge >= 0.3 is 0 Å². The van der Waals surface area contributed by atoms with Crippen molar-refractivity contribution in [1.29, 1.82) is 0 Å². The number of hydrogen-bond acceptors (Lipinski definition) is 3. The number of halogens is 1. The van der Waals surface area contributed by atoms with E-state index in [1.807, 2.05) is 18.2 Å². The molecule has 1 saturated heterocycles. The van der Waals surface area contributed by atoms with Gasteiger partial charge in [0.2, 0.25) is 0 Å². The highest BCUT2D eigenvalue weighted by Crippen LogP contribution is 2.28. The molecule has 1 fully saturated rings. The highest BCUT2D eigenvalue weighted by molar-refractivity contribution is 9.10. The van der Waals surface area contributed by atoms with E-state index in [1.165, 1.54) is 0 Å². The lowest BCUT2D eigenvalue weighted by molar-refractivity contribution is -0.107. The van der Waals surface area contributed by atoms with Crippen molar-refractivity contribution in [2.75, 3.05) is 20.1 Å². The second-order valence-electron chi connectivity index (χ2n) is 4.43. The Morgan fingerprint density at radius 1 is 1.53 bits per heavy atom. The molecule has 0 saturated carbocycles. The third-order valence-corrected chi connectivity index (χ3v) is 3.49. The van der Waals surface area contributed by atoms with E-state index in [1.54, 1.807) is 0 Å². The minimum absolute atomic E-state index is 0.303. The fourth-order valence-corrected chi connectivity index (χ4v) is 2.44. The van der Waals surface area contributed by atoms with Crippen molar-refractivity contribution < 1.29 is 9.53 Å². The molecule has 4 heteroatoms.